The van der Waals surface area contributed by atoms with E-state index >= 15 is 0 Å². The number of nitrogens with one attached hydrogen (secondary N) is 2. The Labute approximate surface area is 116 Å². The van der Waals surface area contributed by atoms with Crippen molar-refractivity contribution in [1.29, 1.82) is 0 Å². The Morgan fingerprint density at radius 1 is 1.15 bits per heavy atom. The van der Waals surface area contributed by atoms with Gasteiger partial charge in [-0.2, -0.15) is 0 Å². The molecule has 0 aliphatic rings. The van der Waals surface area contributed by atoms with Gasteiger partial charge in [0.2, 0.25) is 5.95 Å². The van der Waals surface area contributed by atoms with Crippen molar-refractivity contribution in [2.45, 2.75) is 19.9 Å². The van der Waals surface area contributed by atoms with E-state index in [1.165, 1.54) is 23.3 Å². The Hall–Kier alpha value is -2.36. The fourth-order valence-electron chi connectivity index (χ4n) is 2.32. The van der Waals surface area contributed by atoms with Gasteiger partial charge in [0.1, 0.15) is 5.82 Å². The number of anilines is 1. The molecule has 0 saturated heterocycles. The largest absolute Gasteiger partial charge is 0.352 e. The number of benzene rings is 2. The Morgan fingerprint density at radius 3 is 2.75 bits per heavy atom. The van der Waals surface area contributed by atoms with Crippen molar-refractivity contribution in [3.8, 4) is 0 Å². The summed E-state index contributed by atoms with van der Waals surface area (Å²) in [4.78, 5) is 7.47. The summed E-state index contributed by atoms with van der Waals surface area (Å²) in [5.41, 5.74) is 4.04. The monoisotopic (exact) mass is 269 g/mol. The highest BCUT2D eigenvalue weighted by atomic mass is 19.1. The van der Waals surface area contributed by atoms with Crippen molar-refractivity contribution < 1.29 is 4.39 Å². The van der Waals surface area contributed by atoms with Gasteiger partial charge < -0.3 is 10.3 Å². The minimum absolute atomic E-state index is 0.260. The molecule has 3 nitrogen and oxygen atoms in total. The Morgan fingerprint density at radius 2 is 1.95 bits per heavy atom. The van der Waals surface area contributed by atoms with E-state index in [0.29, 0.717) is 18.0 Å². The van der Waals surface area contributed by atoms with Crippen molar-refractivity contribution in [1.82, 2.24) is 9.97 Å². The van der Waals surface area contributed by atoms with Crippen LogP contribution in [0.3, 0.4) is 0 Å². The highest BCUT2D eigenvalue weighted by molar-refractivity contribution is 5.77. The number of aromatic amines is 1. The zero-order valence-corrected chi connectivity index (χ0v) is 11.3. The van der Waals surface area contributed by atoms with Gasteiger partial charge in [-0.05, 0) is 35.7 Å². The molecule has 4 heteroatoms. The number of halogens is 1. The summed E-state index contributed by atoms with van der Waals surface area (Å²) >= 11 is 0. The second-order valence-corrected chi connectivity index (χ2v) is 4.72. The molecule has 0 atom stereocenters. The number of aromatic nitrogens is 2. The number of fused-ring (bicyclic) bond motifs is 1. The minimum Gasteiger partial charge on any atom is -0.352 e. The summed E-state index contributed by atoms with van der Waals surface area (Å²) in [6.45, 7) is 2.84. The fraction of sp³-hybridized carbons (Fsp3) is 0.188. The quantitative estimate of drug-likeness (QED) is 0.754. The molecule has 1 aromatic heterocycles. The summed E-state index contributed by atoms with van der Waals surface area (Å²) in [5.74, 6) is 0.403. The van der Waals surface area contributed by atoms with Crippen LogP contribution in [-0.2, 0) is 13.0 Å². The Balaban J connectivity index is 1.79. The molecule has 102 valence electrons. The van der Waals surface area contributed by atoms with Gasteiger partial charge in [-0.1, -0.05) is 31.2 Å². The van der Waals surface area contributed by atoms with Crippen LogP contribution in [0.5, 0.6) is 0 Å². The van der Waals surface area contributed by atoms with Gasteiger partial charge in [0.25, 0.3) is 0 Å². The molecule has 1 heterocycles. The highest BCUT2D eigenvalue weighted by Gasteiger charge is 2.04. The van der Waals surface area contributed by atoms with E-state index < -0.39 is 0 Å². The first-order chi connectivity index (χ1) is 9.76. The van der Waals surface area contributed by atoms with Crippen LogP contribution in [0.1, 0.15) is 18.1 Å². The molecule has 0 unspecified atom stereocenters. The molecule has 2 aromatic carbocycles. The first-order valence-electron chi connectivity index (χ1n) is 6.72. The fourth-order valence-corrected chi connectivity index (χ4v) is 2.32. The molecule has 3 aromatic rings. The third-order valence-corrected chi connectivity index (χ3v) is 3.39. The first-order valence-corrected chi connectivity index (χ1v) is 6.72. The summed E-state index contributed by atoms with van der Waals surface area (Å²) in [5, 5.41) is 3.26. The summed E-state index contributed by atoms with van der Waals surface area (Å²) in [7, 11) is 0. The summed E-state index contributed by atoms with van der Waals surface area (Å²) in [6, 6.07) is 12.9. The number of nitrogens with zero attached hydrogens (tertiary/aromatic N) is 1. The second-order valence-electron chi connectivity index (χ2n) is 4.72. The molecule has 0 aliphatic heterocycles. The lowest BCUT2D eigenvalue weighted by Crippen LogP contribution is -2.03. The lowest BCUT2D eigenvalue weighted by atomic mass is 10.1. The van der Waals surface area contributed by atoms with E-state index in [-0.39, 0.29) is 5.82 Å². The number of hydrogen-bond donors (Lipinski definition) is 2. The van der Waals surface area contributed by atoms with Gasteiger partial charge in [-0.25, -0.2) is 9.37 Å². The highest BCUT2D eigenvalue weighted by Crippen LogP contribution is 2.17. The van der Waals surface area contributed by atoms with Gasteiger partial charge in [0.05, 0.1) is 11.0 Å². The SMILES string of the molecule is CCc1ccccc1CNc1nc2ccc(F)cc2[nH]1. The van der Waals surface area contributed by atoms with Crippen LogP contribution in [0, 0.1) is 5.82 Å². The third kappa shape index (κ3) is 2.50. The predicted molar refractivity (Wildman–Crippen MR) is 79.2 cm³/mol. The Bertz CT molecular complexity index is 733. The van der Waals surface area contributed by atoms with E-state index in [4.69, 9.17) is 0 Å². The van der Waals surface area contributed by atoms with E-state index in [9.17, 15) is 4.39 Å². The van der Waals surface area contributed by atoms with Gasteiger partial charge in [-0.15, -0.1) is 0 Å². The van der Waals surface area contributed by atoms with Crippen LogP contribution >= 0.6 is 0 Å². The van der Waals surface area contributed by atoms with E-state index in [1.54, 1.807) is 6.07 Å². The smallest absolute Gasteiger partial charge is 0.201 e. The molecule has 0 amide bonds. The molecule has 0 radical (unpaired) electrons. The van der Waals surface area contributed by atoms with Gasteiger partial charge in [-0.3, -0.25) is 0 Å². The molecule has 0 saturated carbocycles. The van der Waals surface area contributed by atoms with Gasteiger partial charge in [0, 0.05) is 6.54 Å². The molecule has 2 N–H and O–H groups in total. The average molecular weight is 269 g/mol. The van der Waals surface area contributed by atoms with Crippen LogP contribution in [0.2, 0.25) is 0 Å². The Kier molecular flexibility index (Phi) is 3.37. The zero-order valence-electron chi connectivity index (χ0n) is 11.3. The maximum Gasteiger partial charge on any atom is 0.201 e. The minimum atomic E-state index is -0.260. The van der Waals surface area contributed by atoms with Crippen molar-refractivity contribution in [3.63, 3.8) is 0 Å². The van der Waals surface area contributed by atoms with Crippen molar-refractivity contribution in [2.24, 2.45) is 0 Å². The number of H-pyrrole nitrogens is 1. The maximum atomic E-state index is 13.1. The van der Waals surface area contributed by atoms with Gasteiger partial charge in [0.15, 0.2) is 0 Å². The molecule has 0 aliphatic carbocycles. The molecule has 3 rings (SSSR count). The summed E-state index contributed by atoms with van der Waals surface area (Å²) in [6.07, 6.45) is 1.00. The zero-order chi connectivity index (χ0) is 13.9. The molecule has 0 spiro atoms. The number of imidazole rings is 1. The molecular formula is C16H16FN3. The standard InChI is InChI=1S/C16H16FN3/c1-2-11-5-3-4-6-12(11)10-18-16-19-14-8-7-13(17)9-15(14)20-16/h3-9H,2,10H2,1H3,(H2,18,19,20). The van der Waals surface area contributed by atoms with E-state index in [2.05, 4.69) is 34.3 Å². The van der Waals surface area contributed by atoms with Crippen LogP contribution in [0.4, 0.5) is 10.3 Å². The molecular weight excluding hydrogens is 253 g/mol. The van der Waals surface area contributed by atoms with Crippen LogP contribution < -0.4 is 5.32 Å². The molecule has 0 fully saturated rings. The second kappa shape index (κ2) is 5.33. The number of aryl methyl sites for hydroxylation is 1. The van der Waals surface area contributed by atoms with Crippen LogP contribution in [0.25, 0.3) is 11.0 Å². The van der Waals surface area contributed by atoms with Crippen LogP contribution in [0.15, 0.2) is 42.5 Å². The normalized spacial score (nSPS) is 10.9. The topological polar surface area (TPSA) is 40.7 Å². The molecule has 20 heavy (non-hydrogen) atoms. The number of rotatable bonds is 4. The van der Waals surface area contributed by atoms with Gasteiger partial charge >= 0.3 is 0 Å². The lowest BCUT2D eigenvalue weighted by molar-refractivity contribution is 0.629. The van der Waals surface area contributed by atoms with E-state index in [1.807, 2.05) is 12.1 Å². The first kappa shape index (κ1) is 12.7. The predicted octanol–water partition coefficient (Wildman–Crippen LogP) is 3.88. The average Bonchev–Trinajstić information content (AvgIpc) is 2.87. The maximum absolute atomic E-state index is 13.1. The van der Waals surface area contributed by atoms with E-state index in [0.717, 1.165) is 11.9 Å². The molecule has 0 bridgehead atoms. The van der Waals surface area contributed by atoms with Crippen LogP contribution in [-0.4, -0.2) is 9.97 Å². The van der Waals surface area contributed by atoms with Crippen molar-refractivity contribution in [3.05, 3.63) is 59.4 Å². The van der Waals surface area contributed by atoms with Crippen molar-refractivity contribution in [2.75, 3.05) is 5.32 Å². The van der Waals surface area contributed by atoms with Crippen molar-refractivity contribution >= 4 is 17.0 Å². The third-order valence-electron chi connectivity index (χ3n) is 3.39. The lowest BCUT2D eigenvalue weighted by Gasteiger charge is -2.07. The number of hydrogen-bond acceptors (Lipinski definition) is 2. The summed E-state index contributed by atoms with van der Waals surface area (Å²) < 4.78 is 13.1.